The number of halogens is 1. The van der Waals surface area contributed by atoms with Crippen molar-refractivity contribution in [2.24, 2.45) is 0 Å². The minimum absolute atomic E-state index is 0.165. The number of hydrogen-bond donors (Lipinski definition) is 3. The average Bonchev–Trinajstić information content (AvgIpc) is 2.99. The highest BCUT2D eigenvalue weighted by Gasteiger charge is 2.24. The molecule has 5 nitrogen and oxygen atoms in total. The van der Waals surface area contributed by atoms with Gasteiger partial charge in [-0.1, -0.05) is 41.9 Å². The number of hydrogen-bond acceptors (Lipinski definition) is 2. The average molecular weight is 390 g/mol. The number of amides is 3. The first-order valence-corrected chi connectivity index (χ1v) is 9.02. The summed E-state index contributed by atoms with van der Waals surface area (Å²) in [5.74, 6) is -0.165. The Balaban J connectivity index is 1.55. The lowest BCUT2D eigenvalue weighted by Crippen LogP contribution is -2.19. The molecule has 0 fully saturated rings. The molecule has 3 N–H and O–H groups in total. The summed E-state index contributed by atoms with van der Waals surface area (Å²) in [4.78, 5) is 24.6. The van der Waals surface area contributed by atoms with E-state index in [1.165, 1.54) is 0 Å². The smallest absolute Gasteiger partial charge is 0.321 e. The maximum atomic E-state index is 12.3. The zero-order valence-corrected chi connectivity index (χ0v) is 15.5. The van der Waals surface area contributed by atoms with Gasteiger partial charge in [0.2, 0.25) is 0 Å². The molecule has 3 amide bonds. The maximum absolute atomic E-state index is 12.3. The van der Waals surface area contributed by atoms with E-state index >= 15 is 0 Å². The molecular formula is C22H16ClN3O2. The van der Waals surface area contributed by atoms with Gasteiger partial charge in [0.15, 0.2) is 0 Å². The fourth-order valence-electron chi connectivity index (χ4n) is 2.95. The van der Waals surface area contributed by atoms with E-state index < -0.39 is 0 Å². The van der Waals surface area contributed by atoms with Crippen LogP contribution in [-0.2, 0) is 4.79 Å². The van der Waals surface area contributed by atoms with E-state index in [0.29, 0.717) is 22.0 Å². The predicted octanol–water partition coefficient (Wildman–Crippen LogP) is 5.48. The lowest BCUT2D eigenvalue weighted by molar-refractivity contribution is -0.110. The van der Waals surface area contributed by atoms with Gasteiger partial charge in [0, 0.05) is 33.2 Å². The van der Waals surface area contributed by atoms with Crippen molar-refractivity contribution < 1.29 is 9.59 Å². The molecule has 1 heterocycles. The van der Waals surface area contributed by atoms with Crippen molar-refractivity contribution in [1.82, 2.24) is 0 Å². The second-order valence-electron chi connectivity index (χ2n) is 6.27. The fourth-order valence-corrected chi connectivity index (χ4v) is 3.08. The lowest BCUT2D eigenvalue weighted by Gasteiger charge is -2.09. The van der Waals surface area contributed by atoms with Crippen molar-refractivity contribution in [2.45, 2.75) is 0 Å². The number of rotatable bonds is 3. The van der Waals surface area contributed by atoms with Crippen molar-refractivity contribution in [3.8, 4) is 0 Å². The molecule has 3 aromatic carbocycles. The highest BCUT2D eigenvalue weighted by molar-refractivity contribution is 6.35. The largest absolute Gasteiger partial charge is 0.323 e. The van der Waals surface area contributed by atoms with E-state index in [0.717, 1.165) is 16.8 Å². The van der Waals surface area contributed by atoms with Gasteiger partial charge in [-0.3, -0.25) is 4.79 Å². The summed E-state index contributed by atoms with van der Waals surface area (Å²) in [6.45, 7) is 0. The Labute approximate surface area is 167 Å². The Bertz CT molecular complexity index is 1080. The van der Waals surface area contributed by atoms with E-state index in [2.05, 4.69) is 16.0 Å². The molecule has 0 bridgehead atoms. The molecular weight excluding hydrogens is 374 g/mol. The summed E-state index contributed by atoms with van der Waals surface area (Å²) in [5.41, 5.74) is 4.17. The van der Waals surface area contributed by atoms with Gasteiger partial charge in [-0.25, -0.2) is 4.79 Å². The molecule has 3 aromatic rings. The quantitative estimate of drug-likeness (QED) is 0.519. The van der Waals surface area contributed by atoms with Crippen molar-refractivity contribution >= 4 is 52.3 Å². The summed E-state index contributed by atoms with van der Waals surface area (Å²) in [5, 5.41) is 8.97. The van der Waals surface area contributed by atoms with Gasteiger partial charge < -0.3 is 16.0 Å². The second kappa shape index (κ2) is 7.58. The van der Waals surface area contributed by atoms with Crippen LogP contribution in [0.5, 0.6) is 0 Å². The molecule has 6 heteroatoms. The van der Waals surface area contributed by atoms with Gasteiger partial charge in [0.25, 0.3) is 5.91 Å². The molecule has 0 aromatic heterocycles. The van der Waals surface area contributed by atoms with Gasteiger partial charge in [-0.2, -0.15) is 0 Å². The summed E-state index contributed by atoms with van der Waals surface area (Å²) in [7, 11) is 0. The lowest BCUT2D eigenvalue weighted by atomic mass is 10.0. The van der Waals surface area contributed by atoms with Crippen molar-refractivity contribution in [3.63, 3.8) is 0 Å². The number of nitrogens with one attached hydrogen (secondary N) is 3. The molecule has 0 unspecified atom stereocenters. The number of carbonyl (C=O) groups is 2. The van der Waals surface area contributed by atoms with E-state index in [-0.39, 0.29) is 11.9 Å². The van der Waals surface area contributed by atoms with Crippen LogP contribution < -0.4 is 16.0 Å². The number of anilines is 3. The molecule has 0 saturated carbocycles. The Hall–Kier alpha value is -3.57. The molecule has 0 aliphatic carbocycles. The monoisotopic (exact) mass is 389 g/mol. The van der Waals surface area contributed by atoms with Crippen LogP contribution in [-0.4, -0.2) is 11.9 Å². The molecule has 138 valence electrons. The van der Waals surface area contributed by atoms with E-state index in [9.17, 15) is 9.59 Å². The van der Waals surface area contributed by atoms with Gasteiger partial charge in [0.1, 0.15) is 0 Å². The Morgan fingerprint density at radius 1 is 0.893 bits per heavy atom. The molecule has 28 heavy (non-hydrogen) atoms. The molecule has 1 aliphatic rings. The molecule has 0 atom stereocenters. The minimum Gasteiger partial charge on any atom is -0.321 e. The van der Waals surface area contributed by atoms with Gasteiger partial charge in [0.05, 0.1) is 0 Å². The third-order valence-electron chi connectivity index (χ3n) is 4.27. The van der Waals surface area contributed by atoms with Crippen molar-refractivity contribution in [3.05, 3.63) is 88.9 Å². The minimum atomic E-state index is -0.381. The highest BCUT2D eigenvalue weighted by Crippen LogP contribution is 2.35. The Morgan fingerprint density at radius 3 is 2.32 bits per heavy atom. The van der Waals surface area contributed by atoms with E-state index in [4.69, 9.17) is 11.6 Å². The molecule has 0 saturated heterocycles. The SMILES string of the molecule is O=C(Nc1ccc(Cl)cc1)Nc1ccc2c(c1)/C(=C\c1ccccc1)C(=O)N2. The van der Waals surface area contributed by atoms with Crippen LogP contribution in [0.15, 0.2) is 72.8 Å². The Morgan fingerprint density at radius 2 is 1.57 bits per heavy atom. The van der Waals surface area contributed by atoms with Crippen molar-refractivity contribution in [2.75, 3.05) is 16.0 Å². The highest BCUT2D eigenvalue weighted by atomic mass is 35.5. The first kappa shape index (κ1) is 17.8. The summed E-state index contributed by atoms with van der Waals surface area (Å²) in [6, 6.07) is 21.4. The first-order chi connectivity index (χ1) is 13.6. The molecule has 0 spiro atoms. The van der Waals surface area contributed by atoms with Crippen LogP contribution in [0.2, 0.25) is 5.02 Å². The zero-order chi connectivity index (χ0) is 19.5. The van der Waals surface area contributed by atoms with Crippen LogP contribution in [0.25, 0.3) is 11.6 Å². The standard InChI is InChI=1S/C22H16ClN3O2/c23-15-6-8-16(9-7-15)24-22(28)25-17-10-11-20-18(13-17)19(21(27)26-20)12-14-4-2-1-3-5-14/h1-13H,(H,26,27)(H2,24,25,28)/b19-12+. The van der Waals surface area contributed by atoms with Crippen LogP contribution in [0.4, 0.5) is 21.9 Å². The van der Waals surface area contributed by atoms with Crippen LogP contribution in [0, 0.1) is 0 Å². The van der Waals surface area contributed by atoms with Crippen LogP contribution in [0.3, 0.4) is 0 Å². The summed E-state index contributed by atoms with van der Waals surface area (Å²) >= 11 is 5.85. The second-order valence-corrected chi connectivity index (χ2v) is 6.71. The normalized spacial score (nSPS) is 13.8. The number of benzene rings is 3. The third kappa shape index (κ3) is 3.89. The first-order valence-electron chi connectivity index (χ1n) is 8.64. The summed E-state index contributed by atoms with van der Waals surface area (Å²) in [6.07, 6.45) is 1.83. The van der Waals surface area contributed by atoms with E-state index in [1.807, 2.05) is 36.4 Å². The van der Waals surface area contributed by atoms with Gasteiger partial charge in [-0.15, -0.1) is 0 Å². The summed E-state index contributed by atoms with van der Waals surface area (Å²) < 4.78 is 0. The molecule has 1 aliphatic heterocycles. The van der Waals surface area contributed by atoms with Gasteiger partial charge in [-0.05, 0) is 54.1 Å². The van der Waals surface area contributed by atoms with Crippen LogP contribution >= 0.6 is 11.6 Å². The number of fused-ring (bicyclic) bond motifs is 1. The van der Waals surface area contributed by atoms with Crippen molar-refractivity contribution in [1.29, 1.82) is 0 Å². The fraction of sp³-hybridized carbons (Fsp3) is 0. The molecule has 0 radical (unpaired) electrons. The predicted molar refractivity (Wildman–Crippen MR) is 113 cm³/mol. The van der Waals surface area contributed by atoms with Gasteiger partial charge >= 0.3 is 6.03 Å². The van der Waals surface area contributed by atoms with E-state index in [1.54, 1.807) is 42.5 Å². The maximum Gasteiger partial charge on any atom is 0.323 e. The topological polar surface area (TPSA) is 70.2 Å². The van der Waals surface area contributed by atoms with Crippen LogP contribution in [0.1, 0.15) is 11.1 Å². The third-order valence-corrected chi connectivity index (χ3v) is 4.53. The number of urea groups is 1. The number of carbonyl (C=O) groups excluding carboxylic acids is 2. The zero-order valence-electron chi connectivity index (χ0n) is 14.7. The Kier molecular flexibility index (Phi) is 4.83. The molecule has 4 rings (SSSR count).